The van der Waals surface area contributed by atoms with Gasteiger partial charge in [-0.15, -0.1) is 0 Å². The number of hydrogen-bond donors (Lipinski definition) is 1. The molecule has 0 bridgehead atoms. The Morgan fingerprint density at radius 1 is 1.22 bits per heavy atom. The third-order valence-electron chi connectivity index (χ3n) is 3.88. The number of hydrogen-bond acceptors (Lipinski definition) is 5. The van der Waals surface area contributed by atoms with Gasteiger partial charge in [-0.25, -0.2) is 17.5 Å². The molecule has 0 unspecified atom stereocenters. The Hall–Kier alpha value is -2.03. The Morgan fingerprint density at radius 3 is 2.52 bits per heavy atom. The Morgan fingerprint density at radius 2 is 1.89 bits per heavy atom. The first kappa shape index (κ1) is 19.7. The number of carbonyl (C=O) groups excluding carboxylic acids is 1. The molecular weight excluding hydrogens is 418 g/mol. The molecule has 1 N–H and O–H groups in total. The van der Waals surface area contributed by atoms with Crippen molar-refractivity contribution >= 4 is 44.8 Å². The minimum atomic E-state index is -3.80. The minimum Gasteiger partial charge on any atom is -0.486 e. The van der Waals surface area contributed by atoms with Gasteiger partial charge < -0.3 is 9.64 Å². The van der Waals surface area contributed by atoms with Crippen LogP contribution in [0.3, 0.4) is 0 Å². The summed E-state index contributed by atoms with van der Waals surface area (Å²) in [5, 5.41) is 0.286. The lowest BCUT2D eigenvalue weighted by molar-refractivity contribution is 0.0971. The summed E-state index contributed by atoms with van der Waals surface area (Å²) in [5.41, 5.74) is 0.680. The smallest absolute Gasteiger partial charge is 0.268 e. The van der Waals surface area contributed by atoms with Gasteiger partial charge in [0, 0.05) is 6.07 Å². The summed E-state index contributed by atoms with van der Waals surface area (Å²) in [6.07, 6.45) is 0.510. The van der Waals surface area contributed by atoms with Crippen LogP contribution in [0.25, 0.3) is 0 Å². The van der Waals surface area contributed by atoms with Gasteiger partial charge in [-0.05, 0) is 18.2 Å². The molecule has 6 nitrogen and oxygen atoms in total. The number of para-hydroxylation sites is 1. The third kappa shape index (κ3) is 4.63. The van der Waals surface area contributed by atoms with Gasteiger partial charge in [-0.2, -0.15) is 0 Å². The van der Waals surface area contributed by atoms with Crippen LogP contribution in [0.2, 0.25) is 10.0 Å². The SMILES string of the molecule is CS(=O)(=O)NC(=O)c1cc(Cl)c(F)cc1OC1CN(c2ccccc2Cl)C1. The summed E-state index contributed by atoms with van der Waals surface area (Å²) in [6, 6.07) is 9.33. The van der Waals surface area contributed by atoms with Crippen LogP contribution in [0.15, 0.2) is 36.4 Å². The molecule has 1 aliphatic rings. The molecule has 1 heterocycles. The van der Waals surface area contributed by atoms with E-state index in [4.69, 9.17) is 27.9 Å². The zero-order chi connectivity index (χ0) is 19.8. The van der Waals surface area contributed by atoms with Crippen LogP contribution in [0.1, 0.15) is 10.4 Å². The van der Waals surface area contributed by atoms with E-state index >= 15 is 0 Å². The molecule has 3 rings (SSSR count). The highest BCUT2D eigenvalue weighted by atomic mass is 35.5. The molecule has 0 spiro atoms. The number of anilines is 1. The van der Waals surface area contributed by atoms with Gasteiger partial charge in [-0.1, -0.05) is 35.3 Å². The van der Waals surface area contributed by atoms with Crippen molar-refractivity contribution < 1.29 is 22.3 Å². The molecule has 10 heteroatoms. The van der Waals surface area contributed by atoms with E-state index in [2.05, 4.69) is 0 Å². The van der Waals surface area contributed by atoms with Crippen molar-refractivity contribution in [2.24, 2.45) is 0 Å². The van der Waals surface area contributed by atoms with Crippen LogP contribution in [-0.2, 0) is 10.0 Å². The molecule has 0 aliphatic carbocycles. The van der Waals surface area contributed by atoms with Crippen LogP contribution in [-0.4, -0.2) is 39.8 Å². The lowest BCUT2D eigenvalue weighted by Crippen LogP contribution is -2.54. The number of rotatable bonds is 5. The van der Waals surface area contributed by atoms with Crippen molar-refractivity contribution in [1.29, 1.82) is 0 Å². The van der Waals surface area contributed by atoms with Crippen LogP contribution in [0.5, 0.6) is 5.75 Å². The van der Waals surface area contributed by atoms with E-state index < -0.39 is 21.7 Å². The number of ether oxygens (including phenoxy) is 1. The fourth-order valence-electron chi connectivity index (χ4n) is 2.62. The molecule has 27 heavy (non-hydrogen) atoms. The average molecular weight is 433 g/mol. The predicted octanol–water partition coefficient (Wildman–Crippen LogP) is 3.09. The first-order chi connectivity index (χ1) is 12.6. The number of benzene rings is 2. The number of sulfonamides is 1. The number of carbonyl (C=O) groups is 1. The Bertz CT molecular complexity index is 994. The fraction of sp³-hybridized carbons (Fsp3) is 0.235. The van der Waals surface area contributed by atoms with Gasteiger partial charge in [0.05, 0.1) is 40.6 Å². The van der Waals surface area contributed by atoms with E-state index in [0.29, 0.717) is 18.1 Å². The summed E-state index contributed by atoms with van der Waals surface area (Å²) in [6.45, 7) is 0.947. The van der Waals surface area contributed by atoms with Crippen molar-refractivity contribution in [3.05, 3.63) is 57.8 Å². The normalized spacial score (nSPS) is 14.6. The summed E-state index contributed by atoms with van der Waals surface area (Å²) in [5.74, 6) is -1.80. The van der Waals surface area contributed by atoms with Gasteiger partial charge in [0.2, 0.25) is 10.0 Å². The molecule has 0 atom stereocenters. The Labute approximate surface area is 165 Å². The molecule has 144 valence electrons. The van der Waals surface area contributed by atoms with Crippen LogP contribution in [0.4, 0.5) is 10.1 Å². The molecule has 0 saturated carbocycles. The maximum atomic E-state index is 13.8. The molecular formula is C17H15Cl2FN2O4S. The van der Waals surface area contributed by atoms with E-state index in [9.17, 15) is 17.6 Å². The number of amides is 1. The van der Waals surface area contributed by atoms with Crippen LogP contribution in [0, 0.1) is 5.82 Å². The van der Waals surface area contributed by atoms with Crippen molar-refractivity contribution in [1.82, 2.24) is 4.72 Å². The second-order valence-corrected chi connectivity index (χ2v) is 8.62. The van der Waals surface area contributed by atoms with Gasteiger partial charge in [0.25, 0.3) is 5.91 Å². The van der Waals surface area contributed by atoms with E-state index in [1.165, 1.54) is 0 Å². The van der Waals surface area contributed by atoms with E-state index in [1.54, 1.807) is 6.07 Å². The highest BCUT2D eigenvalue weighted by molar-refractivity contribution is 7.89. The molecule has 1 saturated heterocycles. The molecule has 1 aliphatic heterocycles. The second-order valence-electron chi connectivity index (χ2n) is 6.06. The lowest BCUT2D eigenvalue weighted by Gasteiger charge is -2.41. The van der Waals surface area contributed by atoms with Crippen molar-refractivity contribution in [3.8, 4) is 5.75 Å². The monoisotopic (exact) mass is 432 g/mol. The van der Waals surface area contributed by atoms with E-state index in [0.717, 1.165) is 24.1 Å². The maximum Gasteiger partial charge on any atom is 0.268 e. The molecule has 2 aromatic carbocycles. The Kier molecular flexibility index (Phi) is 5.50. The van der Waals surface area contributed by atoms with Gasteiger partial charge in [-0.3, -0.25) is 4.79 Å². The van der Waals surface area contributed by atoms with Gasteiger partial charge >= 0.3 is 0 Å². The molecule has 0 radical (unpaired) electrons. The third-order valence-corrected chi connectivity index (χ3v) is 5.05. The maximum absolute atomic E-state index is 13.8. The molecule has 1 fully saturated rings. The first-order valence-electron chi connectivity index (χ1n) is 7.81. The van der Waals surface area contributed by atoms with Gasteiger partial charge in [0.1, 0.15) is 17.7 Å². The highest BCUT2D eigenvalue weighted by Crippen LogP contribution is 2.32. The van der Waals surface area contributed by atoms with E-state index in [-0.39, 0.29) is 22.4 Å². The van der Waals surface area contributed by atoms with Crippen LogP contribution >= 0.6 is 23.2 Å². The lowest BCUT2D eigenvalue weighted by atomic mass is 10.1. The van der Waals surface area contributed by atoms with Crippen molar-refractivity contribution in [3.63, 3.8) is 0 Å². The van der Waals surface area contributed by atoms with Crippen molar-refractivity contribution in [2.45, 2.75) is 6.10 Å². The number of halogens is 3. The largest absolute Gasteiger partial charge is 0.486 e. The molecule has 1 amide bonds. The zero-order valence-corrected chi connectivity index (χ0v) is 16.4. The number of nitrogens with one attached hydrogen (secondary N) is 1. The summed E-state index contributed by atoms with van der Waals surface area (Å²) < 4.78 is 44.0. The quantitative estimate of drug-likeness (QED) is 0.785. The average Bonchev–Trinajstić information content (AvgIpc) is 2.52. The zero-order valence-electron chi connectivity index (χ0n) is 14.1. The standard InChI is InChI=1S/C17H15Cl2FN2O4S/c1-27(24,25)21-17(23)11-6-13(19)14(20)7-16(11)26-10-8-22(9-10)15-5-3-2-4-12(15)18/h2-7,10H,8-9H2,1H3,(H,21,23). The van der Waals surface area contributed by atoms with Gasteiger partial charge in [0.15, 0.2) is 0 Å². The molecule has 0 aromatic heterocycles. The van der Waals surface area contributed by atoms with Crippen LogP contribution < -0.4 is 14.4 Å². The van der Waals surface area contributed by atoms with Crippen molar-refractivity contribution in [2.75, 3.05) is 24.2 Å². The Balaban J connectivity index is 1.76. The summed E-state index contributed by atoms with van der Waals surface area (Å²) in [7, 11) is -3.80. The fourth-order valence-corrected chi connectivity index (χ4v) is 3.49. The predicted molar refractivity (Wildman–Crippen MR) is 102 cm³/mol. The summed E-state index contributed by atoms with van der Waals surface area (Å²) in [4.78, 5) is 14.2. The van der Waals surface area contributed by atoms with E-state index in [1.807, 2.05) is 27.8 Å². The topological polar surface area (TPSA) is 75.7 Å². The number of nitrogens with zero attached hydrogens (tertiary/aromatic N) is 1. The second kappa shape index (κ2) is 7.53. The minimum absolute atomic E-state index is 0.0816. The molecule has 2 aromatic rings. The first-order valence-corrected chi connectivity index (χ1v) is 10.5. The summed E-state index contributed by atoms with van der Waals surface area (Å²) >= 11 is 11.9. The highest BCUT2D eigenvalue weighted by Gasteiger charge is 2.31.